The van der Waals surface area contributed by atoms with Crippen LogP contribution in [0, 0.1) is 0 Å². The molecule has 3 heteroatoms. The third-order valence-electron chi connectivity index (χ3n) is 4.28. The molecule has 2 aromatic heterocycles. The number of hydrogen-bond acceptors (Lipinski definition) is 3. The van der Waals surface area contributed by atoms with Crippen LogP contribution in [0.2, 0.25) is 0 Å². The van der Waals surface area contributed by atoms with Crippen molar-refractivity contribution in [3.8, 4) is 0 Å². The molecule has 0 saturated carbocycles. The molecule has 0 spiro atoms. The minimum atomic E-state index is 1.23. The summed E-state index contributed by atoms with van der Waals surface area (Å²) in [6.07, 6.45) is 9.94. The Morgan fingerprint density at radius 2 is 1.89 bits per heavy atom. The van der Waals surface area contributed by atoms with Gasteiger partial charge in [-0.05, 0) is 50.2 Å². The number of rotatable bonds is 1. The summed E-state index contributed by atoms with van der Waals surface area (Å²) in [5.74, 6) is 0. The molecule has 3 heterocycles. The summed E-state index contributed by atoms with van der Waals surface area (Å²) < 4.78 is 0. The van der Waals surface area contributed by atoms with Crippen LogP contribution in [0.3, 0.4) is 0 Å². The molecule has 2 nitrogen and oxygen atoms in total. The summed E-state index contributed by atoms with van der Waals surface area (Å²) in [7, 11) is 0. The first-order chi connectivity index (χ1) is 8.93. The van der Waals surface area contributed by atoms with Crippen molar-refractivity contribution in [2.24, 2.45) is 0 Å². The SMILES string of the molecule is c1cc(N2CCCC2)c2c3c(sc2n1)CCCC3. The molecule has 94 valence electrons. The quantitative estimate of drug-likeness (QED) is 0.774. The Labute approximate surface area is 112 Å². The minimum absolute atomic E-state index is 1.23. The lowest BCUT2D eigenvalue weighted by Gasteiger charge is -2.20. The molecule has 4 rings (SSSR count). The Hall–Kier alpha value is -1.09. The van der Waals surface area contributed by atoms with Gasteiger partial charge in [0.1, 0.15) is 4.83 Å². The summed E-state index contributed by atoms with van der Waals surface area (Å²) in [6.45, 7) is 2.45. The van der Waals surface area contributed by atoms with Crippen molar-refractivity contribution in [1.29, 1.82) is 0 Å². The third-order valence-corrected chi connectivity index (χ3v) is 5.48. The fourth-order valence-electron chi connectivity index (χ4n) is 3.39. The van der Waals surface area contributed by atoms with Gasteiger partial charge in [0, 0.05) is 35.2 Å². The second-order valence-electron chi connectivity index (χ2n) is 5.42. The molecule has 0 unspecified atom stereocenters. The molecular formula is C15H18N2S. The largest absolute Gasteiger partial charge is 0.371 e. The van der Waals surface area contributed by atoms with E-state index >= 15 is 0 Å². The van der Waals surface area contributed by atoms with E-state index in [0.717, 1.165) is 0 Å². The topological polar surface area (TPSA) is 16.1 Å². The van der Waals surface area contributed by atoms with Gasteiger partial charge in [0.2, 0.25) is 0 Å². The average Bonchev–Trinajstić information content (AvgIpc) is 3.05. The zero-order valence-corrected chi connectivity index (χ0v) is 11.4. The van der Waals surface area contributed by atoms with Gasteiger partial charge in [-0.3, -0.25) is 0 Å². The molecule has 2 aliphatic rings. The Balaban J connectivity index is 1.93. The van der Waals surface area contributed by atoms with E-state index in [1.165, 1.54) is 67.5 Å². The Morgan fingerprint density at radius 1 is 1.06 bits per heavy atom. The fraction of sp³-hybridized carbons (Fsp3) is 0.533. The van der Waals surface area contributed by atoms with E-state index in [1.54, 1.807) is 10.4 Å². The Kier molecular flexibility index (Phi) is 2.54. The maximum Gasteiger partial charge on any atom is 0.125 e. The zero-order chi connectivity index (χ0) is 11.9. The zero-order valence-electron chi connectivity index (χ0n) is 10.6. The molecule has 1 fully saturated rings. The molecular weight excluding hydrogens is 240 g/mol. The molecule has 1 saturated heterocycles. The van der Waals surface area contributed by atoms with E-state index in [2.05, 4.69) is 16.0 Å². The van der Waals surface area contributed by atoms with Crippen molar-refractivity contribution in [3.63, 3.8) is 0 Å². The molecule has 18 heavy (non-hydrogen) atoms. The smallest absolute Gasteiger partial charge is 0.125 e. The number of aryl methyl sites for hydroxylation is 2. The highest BCUT2D eigenvalue weighted by Crippen LogP contribution is 2.40. The van der Waals surface area contributed by atoms with Crippen LogP contribution in [0.1, 0.15) is 36.1 Å². The van der Waals surface area contributed by atoms with Crippen molar-refractivity contribution in [2.75, 3.05) is 18.0 Å². The highest BCUT2D eigenvalue weighted by molar-refractivity contribution is 7.19. The van der Waals surface area contributed by atoms with E-state index < -0.39 is 0 Å². The van der Waals surface area contributed by atoms with E-state index in [0.29, 0.717) is 0 Å². The van der Waals surface area contributed by atoms with Gasteiger partial charge in [-0.15, -0.1) is 11.3 Å². The maximum atomic E-state index is 4.61. The normalized spacial score (nSPS) is 19.4. The lowest BCUT2D eigenvalue weighted by Crippen LogP contribution is -2.18. The van der Waals surface area contributed by atoms with E-state index in [-0.39, 0.29) is 0 Å². The van der Waals surface area contributed by atoms with Gasteiger partial charge in [-0.2, -0.15) is 0 Å². The number of aromatic nitrogens is 1. The molecule has 0 amide bonds. The predicted octanol–water partition coefficient (Wildman–Crippen LogP) is 3.78. The molecule has 2 aromatic rings. The van der Waals surface area contributed by atoms with Gasteiger partial charge in [-0.25, -0.2) is 4.98 Å². The second kappa shape index (κ2) is 4.23. The first-order valence-corrected chi connectivity index (χ1v) is 7.89. The first-order valence-electron chi connectivity index (χ1n) is 7.08. The predicted molar refractivity (Wildman–Crippen MR) is 77.7 cm³/mol. The number of pyridine rings is 1. The van der Waals surface area contributed by atoms with Crippen LogP contribution in [-0.4, -0.2) is 18.1 Å². The molecule has 0 atom stereocenters. The molecule has 0 radical (unpaired) electrons. The first kappa shape index (κ1) is 10.8. The van der Waals surface area contributed by atoms with E-state index in [9.17, 15) is 0 Å². The van der Waals surface area contributed by atoms with Crippen LogP contribution in [0.4, 0.5) is 5.69 Å². The number of anilines is 1. The van der Waals surface area contributed by atoms with Gasteiger partial charge in [0.05, 0.1) is 0 Å². The molecule has 1 aliphatic heterocycles. The average molecular weight is 258 g/mol. The van der Waals surface area contributed by atoms with Crippen LogP contribution in [0.25, 0.3) is 10.2 Å². The van der Waals surface area contributed by atoms with Crippen LogP contribution < -0.4 is 4.90 Å². The monoisotopic (exact) mass is 258 g/mol. The molecule has 1 aliphatic carbocycles. The van der Waals surface area contributed by atoms with Crippen molar-refractivity contribution >= 4 is 27.2 Å². The molecule has 0 N–H and O–H groups in total. The number of hydrogen-bond donors (Lipinski definition) is 0. The standard InChI is InChI=1S/C15H18N2S/c1-2-6-13-11(5-1)14-12(17-9-3-4-10-17)7-8-16-15(14)18-13/h7-8H,1-6,9-10H2. The van der Waals surface area contributed by atoms with Crippen molar-refractivity contribution in [1.82, 2.24) is 4.98 Å². The van der Waals surface area contributed by atoms with Gasteiger partial charge in [0.25, 0.3) is 0 Å². The van der Waals surface area contributed by atoms with Gasteiger partial charge >= 0.3 is 0 Å². The Morgan fingerprint density at radius 3 is 2.78 bits per heavy atom. The molecule has 0 bridgehead atoms. The van der Waals surface area contributed by atoms with Gasteiger partial charge < -0.3 is 4.90 Å². The van der Waals surface area contributed by atoms with Crippen molar-refractivity contribution in [3.05, 3.63) is 22.7 Å². The van der Waals surface area contributed by atoms with Crippen molar-refractivity contribution in [2.45, 2.75) is 38.5 Å². The van der Waals surface area contributed by atoms with Crippen LogP contribution >= 0.6 is 11.3 Å². The van der Waals surface area contributed by atoms with Gasteiger partial charge in [-0.1, -0.05) is 0 Å². The highest BCUT2D eigenvalue weighted by Gasteiger charge is 2.22. The minimum Gasteiger partial charge on any atom is -0.371 e. The van der Waals surface area contributed by atoms with Crippen LogP contribution in [0.15, 0.2) is 12.3 Å². The third kappa shape index (κ3) is 1.57. The summed E-state index contributed by atoms with van der Waals surface area (Å²) in [4.78, 5) is 10.0. The summed E-state index contributed by atoms with van der Waals surface area (Å²) in [5.41, 5.74) is 3.08. The van der Waals surface area contributed by atoms with E-state index in [1.807, 2.05) is 17.5 Å². The van der Waals surface area contributed by atoms with Gasteiger partial charge in [0.15, 0.2) is 0 Å². The second-order valence-corrected chi connectivity index (χ2v) is 6.50. The summed E-state index contributed by atoms with van der Waals surface area (Å²) in [5, 5.41) is 1.49. The molecule has 0 aromatic carbocycles. The summed E-state index contributed by atoms with van der Waals surface area (Å²) in [6, 6.07) is 2.23. The van der Waals surface area contributed by atoms with Crippen molar-refractivity contribution < 1.29 is 0 Å². The van der Waals surface area contributed by atoms with Crippen LogP contribution in [0.5, 0.6) is 0 Å². The number of thiophene rings is 1. The number of fused-ring (bicyclic) bond motifs is 3. The number of nitrogens with zero attached hydrogens (tertiary/aromatic N) is 2. The van der Waals surface area contributed by atoms with Crippen LogP contribution in [-0.2, 0) is 12.8 Å². The summed E-state index contributed by atoms with van der Waals surface area (Å²) >= 11 is 1.93. The maximum absolute atomic E-state index is 4.61. The lowest BCUT2D eigenvalue weighted by atomic mass is 9.96. The van der Waals surface area contributed by atoms with E-state index in [4.69, 9.17) is 0 Å². The highest BCUT2D eigenvalue weighted by atomic mass is 32.1. The Bertz CT molecular complexity index is 581. The lowest BCUT2D eigenvalue weighted by molar-refractivity contribution is 0.700. The fourth-order valence-corrected chi connectivity index (χ4v) is 4.64.